The minimum atomic E-state index is -0.126. The molecule has 1 atom stereocenters. The smallest absolute Gasteiger partial charge is 0.322 e. The molecule has 0 saturated carbocycles. The zero-order valence-corrected chi connectivity index (χ0v) is 16.2. The number of nitrogens with zero attached hydrogens (tertiary/aromatic N) is 2. The number of likely N-dealkylation sites (tertiary alicyclic amines) is 1. The fourth-order valence-corrected chi connectivity index (χ4v) is 4.61. The summed E-state index contributed by atoms with van der Waals surface area (Å²) in [4.78, 5) is 13.7. The van der Waals surface area contributed by atoms with Crippen molar-refractivity contribution in [3.05, 3.63) is 63.3 Å². The van der Waals surface area contributed by atoms with Crippen LogP contribution in [0.3, 0.4) is 0 Å². The van der Waals surface area contributed by atoms with Gasteiger partial charge in [-0.1, -0.05) is 41.7 Å². The van der Waals surface area contributed by atoms with Gasteiger partial charge in [0.05, 0.1) is 0 Å². The van der Waals surface area contributed by atoms with Crippen molar-refractivity contribution in [3.8, 4) is 22.1 Å². The molecule has 0 spiro atoms. The molecule has 0 aliphatic carbocycles. The van der Waals surface area contributed by atoms with Gasteiger partial charge >= 0.3 is 4.87 Å². The summed E-state index contributed by atoms with van der Waals surface area (Å²) in [5.74, 6) is 1.70. The van der Waals surface area contributed by atoms with E-state index in [0.29, 0.717) is 19.3 Å². The number of ether oxygens (including phenoxy) is 2. The maximum atomic E-state index is 11.3. The van der Waals surface area contributed by atoms with E-state index >= 15 is 0 Å². The molecule has 0 bridgehead atoms. The summed E-state index contributed by atoms with van der Waals surface area (Å²) in [6, 6.07) is 15.1. The van der Waals surface area contributed by atoms with Gasteiger partial charge in [-0.05, 0) is 42.6 Å². The van der Waals surface area contributed by atoms with Crippen LogP contribution in [0, 0.1) is 0 Å². The standard InChI is InChI=1S/C21H21N3O3S/c25-21-23-22-20(28-21)15-5-3-14(4-6-15)13-24-9-1-2-17(24)16-7-8-18-19(12-16)27-11-10-26-18/h3-8,12,17H,1-2,9-11,13H2,(H,23,25)/t17-/m0/s1. The average molecular weight is 395 g/mol. The van der Waals surface area contributed by atoms with Gasteiger partial charge in [-0.15, -0.1) is 0 Å². The zero-order valence-electron chi connectivity index (χ0n) is 15.4. The van der Waals surface area contributed by atoms with Crippen molar-refractivity contribution in [1.29, 1.82) is 0 Å². The van der Waals surface area contributed by atoms with Gasteiger partial charge in [0.25, 0.3) is 0 Å². The molecule has 2 aliphatic rings. The van der Waals surface area contributed by atoms with Crippen molar-refractivity contribution in [2.75, 3.05) is 19.8 Å². The van der Waals surface area contributed by atoms with E-state index in [0.717, 1.165) is 52.9 Å². The first-order valence-corrected chi connectivity index (χ1v) is 10.4. The second-order valence-corrected chi connectivity index (χ2v) is 8.11. The van der Waals surface area contributed by atoms with Crippen molar-refractivity contribution in [2.24, 2.45) is 0 Å². The van der Waals surface area contributed by atoms with Crippen LogP contribution in [0.1, 0.15) is 30.0 Å². The third-order valence-corrected chi connectivity index (χ3v) is 6.14. The van der Waals surface area contributed by atoms with Gasteiger partial charge in [-0.3, -0.25) is 9.69 Å². The molecule has 5 rings (SSSR count). The molecule has 2 aliphatic heterocycles. The molecule has 0 radical (unpaired) electrons. The summed E-state index contributed by atoms with van der Waals surface area (Å²) in [7, 11) is 0. The van der Waals surface area contributed by atoms with E-state index in [1.165, 1.54) is 17.5 Å². The number of H-pyrrole nitrogens is 1. The first-order chi connectivity index (χ1) is 13.8. The minimum Gasteiger partial charge on any atom is -0.486 e. The highest BCUT2D eigenvalue weighted by atomic mass is 32.1. The predicted octanol–water partition coefficient (Wildman–Crippen LogP) is 3.61. The molecule has 28 heavy (non-hydrogen) atoms. The number of rotatable bonds is 4. The van der Waals surface area contributed by atoms with Crippen LogP contribution in [0.5, 0.6) is 11.5 Å². The predicted molar refractivity (Wildman–Crippen MR) is 108 cm³/mol. The minimum absolute atomic E-state index is 0.126. The number of aromatic amines is 1. The van der Waals surface area contributed by atoms with E-state index in [1.54, 1.807) is 0 Å². The number of hydrogen-bond donors (Lipinski definition) is 1. The van der Waals surface area contributed by atoms with E-state index in [2.05, 4.69) is 39.4 Å². The van der Waals surface area contributed by atoms with Gasteiger partial charge in [0.2, 0.25) is 0 Å². The van der Waals surface area contributed by atoms with E-state index in [1.807, 2.05) is 18.2 Å². The molecule has 3 heterocycles. The molecule has 1 N–H and O–H groups in total. The Morgan fingerprint density at radius 2 is 1.93 bits per heavy atom. The van der Waals surface area contributed by atoms with Crippen molar-refractivity contribution in [3.63, 3.8) is 0 Å². The average Bonchev–Trinajstić information content (AvgIpc) is 3.37. The SMILES string of the molecule is O=c1[nH]nc(-c2ccc(CN3CCC[C@H]3c3ccc4c(c3)OCCO4)cc2)s1. The van der Waals surface area contributed by atoms with Crippen molar-refractivity contribution >= 4 is 11.3 Å². The highest BCUT2D eigenvalue weighted by Crippen LogP contribution is 2.38. The molecular formula is C21H21N3O3S. The first-order valence-electron chi connectivity index (χ1n) is 9.55. The lowest BCUT2D eigenvalue weighted by Gasteiger charge is -2.26. The summed E-state index contributed by atoms with van der Waals surface area (Å²) in [6.07, 6.45) is 2.34. The monoisotopic (exact) mass is 395 g/mol. The van der Waals surface area contributed by atoms with Crippen molar-refractivity contribution in [2.45, 2.75) is 25.4 Å². The Morgan fingerprint density at radius 3 is 2.71 bits per heavy atom. The Labute approximate surface area is 166 Å². The van der Waals surface area contributed by atoms with E-state index in [9.17, 15) is 4.79 Å². The number of hydrogen-bond acceptors (Lipinski definition) is 6. The summed E-state index contributed by atoms with van der Waals surface area (Å²) in [5.41, 5.74) is 3.52. The van der Waals surface area contributed by atoms with Gasteiger partial charge in [-0.25, -0.2) is 5.10 Å². The molecule has 3 aromatic rings. The molecule has 1 saturated heterocycles. The summed E-state index contributed by atoms with van der Waals surface area (Å²) >= 11 is 1.13. The molecule has 1 aromatic heterocycles. The molecule has 2 aromatic carbocycles. The number of fused-ring (bicyclic) bond motifs is 1. The van der Waals surface area contributed by atoms with Gasteiger partial charge < -0.3 is 9.47 Å². The van der Waals surface area contributed by atoms with Crippen molar-refractivity contribution < 1.29 is 9.47 Å². The van der Waals surface area contributed by atoms with Crippen LogP contribution in [0.4, 0.5) is 0 Å². The van der Waals surface area contributed by atoms with Gasteiger partial charge in [0.15, 0.2) is 11.5 Å². The largest absolute Gasteiger partial charge is 0.486 e. The second-order valence-electron chi connectivity index (χ2n) is 7.15. The molecule has 1 fully saturated rings. The van der Waals surface area contributed by atoms with E-state index < -0.39 is 0 Å². The van der Waals surface area contributed by atoms with Gasteiger partial charge in [0.1, 0.15) is 18.2 Å². The number of aromatic nitrogens is 2. The Hall–Kier alpha value is -2.64. The lowest BCUT2D eigenvalue weighted by molar-refractivity contribution is 0.170. The maximum absolute atomic E-state index is 11.3. The summed E-state index contributed by atoms with van der Waals surface area (Å²) in [6.45, 7) is 3.22. The van der Waals surface area contributed by atoms with Crippen LogP contribution in [-0.2, 0) is 6.54 Å². The molecule has 7 heteroatoms. The normalized spacial score (nSPS) is 19.1. The fourth-order valence-electron chi connectivity index (χ4n) is 4.00. The lowest BCUT2D eigenvalue weighted by Crippen LogP contribution is -2.23. The third-order valence-electron chi connectivity index (χ3n) is 5.34. The maximum Gasteiger partial charge on any atom is 0.322 e. The van der Waals surface area contributed by atoms with Crippen LogP contribution >= 0.6 is 11.3 Å². The van der Waals surface area contributed by atoms with Crippen LogP contribution in [0.15, 0.2) is 47.3 Å². The molecule has 0 unspecified atom stereocenters. The molecular weight excluding hydrogens is 374 g/mol. The van der Waals surface area contributed by atoms with Crippen LogP contribution in [0.25, 0.3) is 10.6 Å². The summed E-state index contributed by atoms with van der Waals surface area (Å²) < 4.78 is 11.4. The first kappa shape index (κ1) is 17.5. The molecule has 144 valence electrons. The third kappa shape index (κ3) is 3.43. The number of nitrogens with one attached hydrogen (secondary N) is 1. The summed E-state index contributed by atoms with van der Waals surface area (Å²) in [5, 5.41) is 7.25. The molecule has 6 nitrogen and oxygen atoms in total. The van der Waals surface area contributed by atoms with E-state index in [4.69, 9.17) is 9.47 Å². The zero-order chi connectivity index (χ0) is 18.9. The highest BCUT2D eigenvalue weighted by molar-refractivity contribution is 7.12. The van der Waals surface area contributed by atoms with Crippen LogP contribution in [0.2, 0.25) is 0 Å². The van der Waals surface area contributed by atoms with E-state index in [-0.39, 0.29) is 4.87 Å². The quantitative estimate of drug-likeness (QED) is 0.731. The Kier molecular flexibility index (Phi) is 4.62. The lowest BCUT2D eigenvalue weighted by atomic mass is 10.0. The van der Waals surface area contributed by atoms with Crippen LogP contribution < -0.4 is 14.3 Å². The number of benzene rings is 2. The molecule has 0 amide bonds. The Bertz CT molecular complexity index is 1030. The second kappa shape index (κ2) is 7.41. The van der Waals surface area contributed by atoms with Crippen molar-refractivity contribution in [1.82, 2.24) is 15.1 Å². The van der Waals surface area contributed by atoms with Crippen LogP contribution in [-0.4, -0.2) is 34.9 Å². The highest BCUT2D eigenvalue weighted by Gasteiger charge is 2.27. The topological polar surface area (TPSA) is 67.5 Å². The van der Waals surface area contributed by atoms with Gasteiger partial charge in [0, 0.05) is 18.2 Å². The Morgan fingerprint density at radius 1 is 1.11 bits per heavy atom. The van der Waals surface area contributed by atoms with Gasteiger partial charge in [-0.2, -0.15) is 5.10 Å². The fraction of sp³-hybridized carbons (Fsp3) is 0.333. The Balaban J connectivity index is 1.32.